The normalized spacial score (nSPS) is 26.3. The van der Waals surface area contributed by atoms with Gasteiger partial charge in [-0.05, 0) is 45.6 Å². The molecule has 0 bridgehead atoms. The van der Waals surface area contributed by atoms with Crippen molar-refractivity contribution in [3.05, 3.63) is 51.5 Å². The number of hydrogen-bond donors (Lipinski definition) is 2. The third-order valence-corrected chi connectivity index (χ3v) is 6.61. The fourth-order valence-electron chi connectivity index (χ4n) is 5.64. The molecular formula is C22H23N5O2. The van der Waals surface area contributed by atoms with Crippen molar-refractivity contribution >= 4 is 11.6 Å². The first-order valence-corrected chi connectivity index (χ1v) is 9.78. The zero-order valence-electron chi connectivity index (χ0n) is 17.2. The molecule has 1 amide bonds. The molecule has 2 aromatic rings. The van der Waals surface area contributed by atoms with Crippen molar-refractivity contribution in [3.8, 4) is 11.9 Å². The van der Waals surface area contributed by atoms with Gasteiger partial charge < -0.3 is 15.4 Å². The van der Waals surface area contributed by atoms with Crippen LogP contribution in [0.1, 0.15) is 61.1 Å². The number of H-pyrrole nitrogens is 1. The van der Waals surface area contributed by atoms with Gasteiger partial charge in [-0.3, -0.25) is 9.89 Å². The summed E-state index contributed by atoms with van der Waals surface area (Å²) in [7, 11) is 0. The van der Waals surface area contributed by atoms with Crippen LogP contribution in [0.4, 0.5) is 5.69 Å². The molecule has 5 rings (SSSR count). The first-order chi connectivity index (χ1) is 13.6. The minimum absolute atomic E-state index is 0.0687. The largest absolute Gasteiger partial charge is 0.420 e. The van der Waals surface area contributed by atoms with Crippen LogP contribution in [0.25, 0.3) is 0 Å². The van der Waals surface area contributed by atoms with Gasteiger partial charge >= 0.3 is 0 Å². The number of carbonyl (C=O) groups is 1. The molecule has 0 fully saturated rings. The number of benzene rings is 1. The van der Waals surface area contributed by atoms with Crippen molar-refractivity contribution in [2.45, 2.75) is 57.9 Å². The number of fused-ring (bicyclic) bond motifs is 3. The fraction of sp³-hybridized carbons (Fsp3) is 0.409. The highest BCUT2D eigenvalue weighted by atomic mass is 16.5. The summed E-state index contributed by atoms with van der Waals surface area (Å²) in [4.78, 5) is 16.2. The zero-order valence-corrected chi connectivity index (χ0v) is 17.2. The molecule has 3 N–H and O–H groups in total. The molecule has 7 heteroatoms. The maximum Gasteiger partial charge on any atom is 0.248 e. The van der Waals surface area contributed by atoms with Crippen LogP contribution < -0.4 is 15.4 Å². The number of nitrogens with zero attached hydrogens (tertiary/aromatic N) is 3. The molecule has 148 valence electrons. The van der Waals surface area contributed by atoms with Gasteiger partial charge in [-0.2, -0.15) is 5.26 Å². The van der Waals surface area contributed by atoms with Crippen LogP contribution in [0.15, 0.2) is 23.6 Å². The van der Waals surface area contributed by atoms with Crippen LogP contribution in [-0.4, -0.2) is 21.6 Å². The summed E-state index contributed by atoms with van der Waals surface area (Å²) in [6, 6.07) is 6.36. The predicted molar refractivity (Wildman–Crippen MR) is 107 cm³/mol. The van der Waals surface area contributed by atoms with E-state index in [9.17, 15) is 10.1 Å². The molecule has 1 aromatic carbocycles. The molecule has 7 nitrogen and oxygen atoms in total. The standard InChI is InChI=1S/C22H23N5O2/c1-10-6-13-11(2)8-21(4,5)27-17(13)14(7-10)22(20(27)28)15(9-23)18(24)29-19-16(22)12(3)25-26-19/h6-7,11H,8,24H2,1-5H3,(H,25,26)/t11-,22+/m1/s1. The molecule has 0 saturated heterocycles. The van der Waals surface area contributed by atoms with E-state index in [0.29, 0.717) is 11.3 Å². The number of nitrogens with two attached hydrogens (primary N) is 1. The van der Waals surface area contributed by atoms with Gasteiger partial charge in [0, 0.05) is 16.8 Å². The van der Waals surface area contributed by atoms with Crippen LogP contribution in [0.2, 0.25) is 0 Å². The Balaban J connectivity index is 2.00. The van der Waals surface area contributed by atoms with Crippen molar-refractivity contribution in [1.29, 1.82) is 5.26 Å². The lowest BCUT2D eigenvalue weighted by molar-refractivity contribution is -0.122. The summed E-state index contributed by atoms with van der Waals surface area (Å²) in [6.07, 6.45) is 0.833. The predicted octanol–water partition coefficient (Wildman–Crippen LogP) is 3.03. The smallest absolute Gasteiger partial charge is 0.248 e. The van der Waals surface area contributed by atoms with E-state index in [1.165, 1.54) is 0 Å². The Morgan fingerprint density at radius 3 is 2.79 bits per heavy atom. The summed E-state index contributed by atoms with van der Waals surface area (Å²) in [5.41, 5.74) is 9.70. The maximum atomic E-state index is 14.3. The maximum absolute atomic E-state index is 14.3. The first-order valence-electron chi connectivity index (χ1n) is 9.78. The van der Waals surface area contributed by atoms with Gasteiger partial charge in [0.15, 0.2) is 0 Å². The number of amides is 1. The van der Waals surface area contributed by atoms with Gasteiger partial charge in [0.25, 0.3) is 0 Å². The highest BCUT2D eigenvalue weighted by Gasteiger charge is 2.64. The first kappa shape index (κ1) is 17.8. The molecule has 0 radical (unpaired) electrons. The van der Waals surface area contributed by atoms with Crippen LogP contribution in [0, 0.1) is 25.2 Å². The number of anilines is 1. The van der Waals surface area contributed by atoms with Crippen molar-refractivity contribution in [2.75, 3.05) is 4.90 Å². The lowest BCUT2D eigenvalue weighted by atomic mass is 9.68. The molecule has 0 unspecified atom stereocenters. The van der Waals surface area contributed by atoms with E-state index in [2.05, 4.69) is 43.1 Å². The van der Waals surface area contributed by atoms with E-state index < -0.39 is 11.0 Å². The van der Waals surface area contributed by atoms with Crippen LogP contribution >= 0.6 is 0 Å². The number of nitriles is 1. The zero-order chi connectivity index (χ0) is 20.9. The molecule has 29 heavy (non-hydrogen) atoms. The van der Waals surface area contributed by atoms with E-state index in [-0.39, 0.29) is 29.2 Å². The Bertz CT molecular complexity index is 1180. The second kappa shape index (κ2) is 5.20. The van der Waals surface area contributed by atoms with E-state index in [4.69, 9.17) is 10.5 Å². The van der Waals surface area contributed by atoms with Crippen molar-refractivity contribution in [1.82, 2.24) is 10.2 Å². The van der Waals surface area contributed by atoms with Gasteiger partial charge in [0.2, 0.25) is 17.7 Å². The minimum atomic E-state index is -1.35. The Morgan fingerprint density at radius 1 is 1.38 bits per heavy atom. The van der Waals surface area contributed by atoms with Gasteiger partial charge in [-0.1, -0.05) is 24.6 Å². The lowest BCUT2D eigenvalue weighted by Gasteiger charge is -2.44. The highest BCUT2D eigenvalue weighted by Crippen LogP contribution is 2.61. The number of aromatic nitrogens is 2. The van der Waals surface area contributed by atoms with Gasteiger partial charge in [-0.15, -0.1) is 5.10 Å². The Hall–Kier alpha value is -3.27. The number of aromatic amines is 1. The van der Waals surface area contributed by atoms with E-state index in [1.54, 1.807) is 0 Å². The summed E-state index contributed by atoms with van der Waals surface area (Å²) < 4.78 is 5.65. The third-order valence-electron chi connectivity index (χ3n) is 6.61. The van der Waals surface area contributed by atoms with Crippen LogP contribution in [0.5, 0.6) is 5.88 Å². The second-order valence-corrected chi connectivity index (χ2v) is 9.04. The summed E-state index contributed by atoms with van der Waals surface area (Å²) in [5, 5.41) is 17.3. The van der Waals surface area contributed by atoms with Crippen molar-refractivity contribution in [2.24, 2.45) is 5.73 Å². The molecule has 1 aromatic heterocycles. The highest BCUT2D eigenvalue weighted by molar-refractivity contribution is 6.16. The number of rotatable bonds is 0. The third kappa shape index (κ3) is 1.87. The van der Waals surface area contributed by atoms with Crippen molar-refractivity contribution in [3.63, 3.8) is 0 Å². The molecule has 0 aliphatic carbocycles. The Kier molecular flexibility index (Phi) is 3.19. The monoisotopic (exact) mass is 389 g/mol. The second-order valence-electron chi connectivity index (χ2n) is 9.04. The average molecular weight is 389 g/mol. The van der Waals surface area contributed by atoms with Gasteiger partial charge in [0.05, 0.1) is 11.3 Å². The van der Waals surface area contributed by atoms with E-state index in [1.807, 2.05) is 24.8 Å². The fourth-order valence-corrected chi connectivity index (χ4v) is 5.64. The number of nitrogens with one attached hydrogen (secondary N) is 1. The molecule has 4 heterocycles. The summed E-state index contributed by atoms with van der Waals surface area (Å²) >= 11 is 0. The Morgan fingerprint density at radius 2 is 2.10 bits per heavy atom. The summed E-state index contributed by atoms with van der Waals surface area (Å²) in [6.45, 7) is 10.2. The molecule has 3 aliphatic heterocycles. The number of hydrogen-bond acceptors (Lipinski definition) is 5. The molecule has 1 spiro atoms. The summed E-state index contributed by atoms with van der Waals surface area (Å²) in [5.74, 6) is 0.313. The number of carbonyl (C=O) groups excluding carboxylic acids is 1. The lowest BCUT2D eigenvalue weighted by Crippen LogP contribution is -2.54. The SMILES string of the molecule is Cc1cc2c3c(c1)[C@]1(C(=O)N3C(C)(C)C[C@H]2C)C(C#N)=C(N)Oc2n[nH]c(C)c21. The van der Waals surface area contributed by atoms with Crippen LogP contribution in [-0.2, 0) is 10.2 Å². The minimum Gasteiger partial charge on any atom is -0.420 e. The molecular weight excluding hydrogens is 366 g/mol. The van der Waals surface area contributed by atoms with E-state index in [0.717, 1.165) is 28.8 Å². The molecule has 0 saturated carbocycles. The molecule has 2 atom stereocenters. The Labute approximate surface area is 169 Å². The number of ether oxygens (including phenoxy) is 1. The molecule has 3 aliphatic rings. The topological polar surface area (TPSA) is 108 Å². The van der Waals surface area contributed by atoms with Crippen LogP contribution in [0.3, 0.4) is 0 Å². The van der Waals surface area contributed by atoms with Gasteiger partial charge in [-0.25, -0.2) is 0 Å². The number of aryl methyl sites for hydroxylation is 2. The average Bonchev–Trinajstić information content (AvgIpc) is 3.11. The van der Waals surface area contributed by atoms with Crippen molar-refractivity contribution < 1.29 is 9.53 Å². The quantitative estimate of drug-likeness (QED) is 0.720. The van der Waals surface area contributed by atoms with E-state index >= 15 is 0 Å². The van der Waals surface area contributed by atoms with Gasteiger partial charge in [0.1, 0.15) is 17.1 Å².